The zero-order valence-corrected chi connectivity index (χ0v) is 10.2. The fourth-order valence-corrected chi connectivity index (χ4v) is 1.89. The normalized spacial score (nSPS) is 19.7. The van der Waals surface area contributed by atoms with E-state index in [1.165, 1.54) is 0 Å². The van der Waals surface area contributed by atoms with Gasteiger partial charge in [-0.3, -0.25) is 0 Å². The number of hydrogen-bond acceptors (Lipinski definition) is 4. The molecule has 0 amide bonds. The van der Waals surface area contributed by atoms with Gasteiger partial charge in [0.1, 0.15) is 6.10 Å². The maximum Gasteiger partial charge on any atom is 0.340 e. The van der Waals surface area contributed by atoms with Crippen LogP contribution in [0.15, 0.2) is 22.7 Å². The van der Waals surface area contributed by atoms with Crippen LogP contribution >= 0.6 is 15.9 Å². The lowest BCUT2D eigenvalue weighted by atomic mass is 10.2. The van der Waals surface area contributed by atoms with Gasteiger partial charge in [0.2, 0.25) is 0 Å². The molecule has 1 heterocycles. The van der Waals surface area contributed by atoms with E-state index in [1.807, 2.05) is 0 Å². The van der Waals surface area contributed by atoms with Crippen molar-refractivity contribution in [3.8, 4) is 0 Å². The fourth-order valence-electron chi connectivity index (χ4n) is 1.53. The van der Waals surface area contributed by atoms with Gasteiger partial charge in [0, 0.05) is 16.6 Å². The molecule has 1 atom stereocenters. The molecule has 0 bridgehead atoms. The molecule has 1 aliphatic rings. The van der Waals surface area contributed by atoms with Crippen LogP contribution in [0.25, 0.3) is 0 Å². The largest absolute Gasteiger partial charge is 0.456 e. The molecule has 5 heteroatoms. The second-order valence-electron chi connectivity index (χ2n) is 3.62. The van der Waals surface area contributed by atoms with Gasteiger partial charge in [-0.2, -0.15) is 0 Å². The zero-order valence-electron chi connectivity index (χ0n) is 8.61. The van der Waals surface area contributed by atoms with E-state index in [4.69, 9.17) is 15.2 Å². The van der Waals surface area contributed by atoms with Gasteiger partial charge in [-0.1, -0.05) is 15.9 Å². The Balaban J connectivity index is 2.10. The lowest BCUT2D eigenvalue weighted by Gasteiger charge is -2.11. The highest BCUT2D eigenvalue weighted by Crippen LogP contribution is 2.20. The second-order valence-corrected chi connectivity index (χ2v) is 4.54. The van der Waals surface area contributed by atoms with Crippen molar-refractivity contribution in [2.24, 2.45) is 0 Å². The van der Waals surface area contributed by atoms with E-state index in [9.17, 15) is 4.79 Å². The van der Waals surface area contributed by atoms with Crippen LogP contribution in [0.3, 0.4) is 0 Å². The molecular formula is C11H12BrNO3. The molecule has 86 valence electrons. The number of carbonyl (C=O) groups excluding carboxylic acids is 1. The number of carbonyl (C=O) groups is 1. The highest BCUT2D eigenvalue weighted by atomic mass is 79.9. The number of benzene rings is 1. The molecule has 1 aliphatic heterocycles. The van der Waals surface area contributed by atoms with Crippen molar-refractivity contribution in [3.05, 3.63) is 28.2 Å². The van der Waals surface area contributed by atoms with Gasteiger partial charge in [0.25, 0.3) is 0 Å². The van der Waals surface area contributed by atoms with Crippen molar-refractivity contribution in [1.82, 2.24) is 0 Å². The summed E-state index contributed by atoms with van der Waals surface area (Å²) in [6.45, 7) is 1.12. The van der Waals surface area contributed by atoms with E-state index in [1.54, 1.807) is 18.2 Å². The minimum Gasteiger partial charge on any atom is -0.456 e. The molecule has 16 heavy (non-hydrogen) atoms. The van der Waals surface area contributed by atoms with Gasteiger partial charge in [-0.25, -0.2) is 4.79 Å². The Morgan fingerprint density at radius 1 is 1.56 bits per heavy atom. The van der Waals surface area contributed by atoms with Crippen LogP contribution in [0.2, 0.25) is 0 Å². The topological polar surface area (TPSA) is 61.6 Å². The van der Waals surface area contributed by atoms with Crippen molar-refractivity contribution >= 4 is 27.6 Å². The fraction of sp³-hybridized carbons (Fsp3) is 0.364. The number of nitrogen functional groups attached to an aromatic ring is 1. The lowest BCUT2D eigenvalue weighted by molar-refractivity contribution is 0.0272. The molecule has 4 nitrogen and oxygen atoms in total. The number of hydrogen-bond donors (Lipinski definition) is 1. The molecule has 2 N–H and O–H groups in total. The SMILES string of the molecule is Nc1ccc(Br)cc1C(=O)OC1CCOC1. The Bertz CT molecular complexity index is 402. The van der Waals surface area contributed by atoms with Crippen LogP contribution in [-0.2, 0) is 9.47 Å². The molecule has 2 rings (SSSR count). The van der Waals surface area contributed by atoms with E-state index in [2.05, 4.69) is 15.9 Å². The number of esters is 1. The third-order valence-electron chi connectivity index (χ3n) is 2.40. The third-order valence-corrected chi connectivity index (χ3v) is 2.89. The molecule has 1 aromatic carbocycles. The van der Waals surface area contributed by atoms with Gasteiger partial charge in [-0.15, -0.1) is 0 Å². The maximum atomic E-state index is 11.8. The van der Waals surface area contributed by atoms with Crippen LogP contribution in [0.4, 0.5) is 5.69 Å². The smallest absolute Gasteiger partial charge is 0.340 e. The summed E-state index contributed by atoms with van der Waals surface area (Å²) >= 11 is 3.29. The molecule has 0 aliphatic carbocycles. The zero-order chi connectivity index (χ0) is 11.5. The molecule has 1 aromatic rings. The van der Waals surface area contributed by atoms with Crippen molar-refractivity contribution in [1.29, 1.82) is 0 Å². The van der Waals surface area contributed by atoms with E-state index in [0.29, 0.717) is 24.5 Å². The average Bonchev–Trinajstić information content (AvgIpc) is 2.74. The van der Waals surface area contributed by atoms with Crippen LogP contribution < -0.4 is 5.73 Å². The number of nitrogens with two attached hydrogens (primary N) is 1. The molecule has 1 unspecified atom stereocenters. The summed E-state index contributed by atoms with van der Waals surface area (Å²) in [6.07, 6.45) is 0.602. The van der Waals surface area contributed by atoms with Crippen molar-refractivity contribution in [3.63, 3.8) is 0 Å². The van der Waals surface area contributed by atoms with Crippen molar-refractivity contribution in [2.45, 2.75) is 12.5 Å². The van der Waals surface area contributed by atoms with Crippen LogP contribution in [0.5, 0.6) is 0 Å². The predicted molar refractivity (Wildman–Crippen MR) is 63.2 cm³/mol. The minimum absolute atomic E-state index is 0.147. The number of halogens is 1. The van der Waals surface area contributed by atoms with Gasteiger partial charge in [0.05, 0.1) is 18.8 Å². The van der Waals surface area contributed by atoms with E-state index < -0.39 is 5.97 Å². The van der Waals surface area contributed by atoms with Gasteiger partial charge in [-0.05, 0) is 18.2 Å². The highest BCUT2D eigenvalue weighted by Gasteiger charge is 2.21. The highest BCUT2D eigenvalue weighted by molar-refractivity contribution is 9.10. The third kappa shape index (κ3) is 2.54. The number of anilines is 1. The van der Waals surface area contributed by atoms with E-state index in [-0.39, 0.29) is 6.10 Å². The van der Waals surface area contributed by atoms with Gasteiger partial charge < -0.3 is 15.2 Å². The predicted octanol–water partition coefficient (Wildman–Crippen LogP) is 1.98. The minimum atomic E-state index is -0.394. The molecule has 0 aromatic heterocycles. The first kappa shape index (κ1) is 11.4. The summed E-state index contributed by atoms with van der Waals surface area (Å²) in [4.78, 5) is 11.8. The van der Waals surface area contributed by atoms with E-state index >= 15 is 0 Å². The van der Waals surface area contributed by atoms with Crippen molar-refractivity contribution in [2.75, 3.05) is 18.9 Å². The molecule has 1 saturated heterocycles. The summed E-state index contributed by atoms with van der Waals surface area (Å²) in [5, 5.41) is 0. The molecule has 0 radical (unpaired) electrons. The number of rotatable bonds is 2. The summed E-state index contributed by atoms with van der Waals surface area (Å²) in [5.41, 5.74) is 6.53. The van der Waals surface area contributed by atoms with Gasteiger partial charge >= 0.3 is 5.97 Å². The number of ether oxygens (including phenoxy) is 2. The molecule has 1 fully saturated rings. The summed E-state index contributed by atoms with van der Waals surface area (Å²) in [5.74, 6) is -0.394. The molecule has 0 saturated carbocycles. The van der Waals surface area contributed by atoms with Crippen molar-refractivity contribution < 1.29 is 14.3 Å². The summed E-state index contributed by atoms with van der Waals surface area (Å²) in [6, 6.07) is 5.12. The first-order valence-corrected chi connectivity index (χ1v) is 5.80. The summed E-state index contributed by atoms with van der Waals surface area (Å²) < 4.78 is 11.2. The standard InChI is InChI=1S/C11H12BrNO3/c12-7-1-2-10(13)9(5-7)11(14)16-8-3-4-15-6-8/h1-2,5,8H,3-4,6,13H2. The monoisotopic (exact) mass is 285 g/mol. The first-order chi connectivity index (χ1) is 7.66. The Kier molecular flexibility index (Phi) is 3.46. The van der Waals surface area contributed by atoms with E-state index in [0.717, 1.165) is 10.9 Å². The molecule has 0 spiro atoms. The Morgan fingerprint density at radius 3 is 3.06 bits per heavy atom. The van der Waals surface area contributed by atoms with Crippen LogP contribution in [-0.4, -0.2) is 25.3 Å². The Morgan fingerprint density at radius 2 is 2.38 bits per heavy atom. The summed E-state index contributed by atoms with van der Waals surface area (Å²) in [7, 11) is 0. The molecular weight excluding hydrogens is 274 g/mol. The first-order valence-electron chi connectivity index (χ1n) is 5.00. The van der Waals surface area contributed by atoms with Gasteiger partial charge in [0.15, 0.2) is 0 Å². The van der Waals surface area contributed by atoms with Crippen LogP contribution in [0.1, 0.15) is 16.8 Å². The lowest BCUT2D eigenvalue weighted by Crippen LogP contribution is -2.19. The van der Waals surface area contributed by atoms with Crippen LogP contribution in [0, 0.1) is 0 Å². The second kappa shape index (κ2) is 4.84. The quantitative estimate of drug-likeness (QED) is 0.667. The Labute approximate surface area is 102 Å². The Hall–Kier alpha value is -1.07. The maximum absolute atomic E-state index is 11.8. The average molecular weight is 286 g/mol.